The molecule has 0 unspecified atom stereocenters. The van der Waals surface area contributed by atoms with Gasteiger partial charge in [-0.2, -0.15) is 9.69 Å². The number of benzene rings is 1. The predicted molar refractivity (Wildman–Crippen MR) is 97.8 cm³/mol. The van der Waals surface area contributed by atoms with E-state index in [2.05, 4.69) is 9.69 Å². The molecule has 1 aromatic carbocycles. The molecule has 0 saturated heterocycles. The fourth-order valence-corrected chi connectivity index (χ4v) is 2.21. The predicted octanol–water partition coefficient (Wildman–Crippen LogP) is 3.06. The SMILES string of the molecule is [C-]#[N+]C(=Cc1ccc(N(CC(=O)OCC)CC(=O)OCC)cc1C)[N+]#[C-]. The molecule has 0 heterocycles. The van der Waals surface area contributed by atoms with Gasteiger partial charge in [0.05, 0.1) is 13.2 Å². The monoisotopic (exact) mass is 355 g/mol. The third-order valence-corrected chi connectivity index (χ3v) is 3.38. The highest BCUT2D eigenvalue weighted by Gasteiger charge is 2.18. The molecule has 7 nitrogen and oxygen atoms in total. The van der Waals surface area contributed by atoms with Gasteiger partial charge in [-0.15, -0.1) is 0 Å². The molecule has 0 aromatic heterocycles. The molecule has 0 saturated carbocycles. The Morgan fingerprint density at radius 3 is 2.04 bits per heavy atom. The van der Waals surface area contributed by atoms with Crippen molar-refractivity contribution in [3.63, 3.8) is 0 Å². The lowest BCUT2D eigenvalue weighted by molar-refractivity contribution is -0.142. The van der Waals surface area contributed by atoms with Crippen molar-refractivity contribution in [1.29, 1.82) is 0 Å². The first kappa shape index (κ1) is 20.7. The number of carbonyl (C=O) groups excluding carboxylic acids is 2. The fourth-order valence-electron chi connectivity index (χ4n) is 2.21. The number of aryl methyl sites for hydroxylation is 1. The summed E-state index contributed by atoms with van der Waals surface area (Å²) in [7, 11) is 0. The minimum Gasteiger partial charge on any atom is -0.465 e. The second-order valence-electron chi connectivity index (χ2n) is 5.23. The van der Waals surface area contributed by atoms with Crippen LogP contribution in [0.1, 0.15) is 25.0 Å². The number of esters is 2. The molecule has 7 heteroatoms. The van der Waals surface area contributed by atoms with Crippen LogP contribution >= 0.6 is 0 Å². The van der Waals surface area contributed by atoms with Crippen LogP contribution in [0.3, 0.4) is 0 Å². The Morgan fingerprint density at radius 1 is 1.08 bits per heavy atom. The van der Waals surface area contributed by atoms with E-state index in [-0.39, 0.29) is 32.1 Å². The quantitative estimate of drug-likeness (QED) is 0.530. The van der Waals surface area contributed by atoms with E-state index >= 15 is 0 Å². The summed E-state index contributed by atoms with van der Waals surface area (Å²) in [6, 6.07) is 5.25. The van der Waals surface area contributed by atoms with Crippen molar-refractivity contribution in [2.75, 3.05) is 31.2 Å². The van der Waals surface area contributed by atoms with Gasteiger partial charge < -0.3 is 14.4 Å². The summed E-state index contributed by atoms with van der Waals surface area (Å²) < 4.78 is 9.92. The van der Waals surface area contributed by atoms with Gasteiger partial charge in [-0.1, -0.05) is 6.07 Å². The Labute approximate surface area is 153 Å². The van der Waals surface area contributed by atoms with Crippen molar-refractivity contribution >= 4 is 23.7 Å². The highest BCUT2D eigenvalue weighted by atomic mass is 16.5. The Hall–Kier alpha value is -3.32. The van der Waals surface area contributed by atoms with Crippen LogP contribution in [-0.2, 0) is 19.1 Å². The number of carbonyl (C=O) groups is 2. The zero-order valence-corrected chi connectivity index (χ0v) is 15.1. The van der Waals surface area contributed by atoms with Crippen molar-refractivity contribution in [1.82, 2.24) is 0 Å². The summed E-state index contributed by atoms with van der Waals surface area (Å²) >= 11 is 0. The van der Waals surface area contributed by atoms with Gasteiger partial charge in [0, 0.05) is 11.8 Å². The molecule has 0 aliphatic heterocycles. The highest BCUT2D eigenvalue weighted by Crippen LogP contribution is 2.22. The third kappa shape index (κ3) is 6.29. The number of ether oxygens (including phenoxy) is 2. The maximum atomic E-state index is 11.8. The molecule has 0 amide bonds. The first-order valence-corrected chi connectivity index (χ1v) is 8.08. The van der Waals surface area contributed by atoms with Crippen LogP contribution in [0.2, 0.25) is 0 Å². The molecule has 0 N–H and O–H groups in total. The lowest BCUT2D eigenvalue weighted by atomic mass is 10.1. The van der Waals surface area contributed by atoms with Gasteiger partial charge in [-0.3, -0.25) is 9.59 Å². The van der Waals surface area contributed by atoms with Gasteiger partial charge in [-0.05, 0) is 44.0 Å². The highest BCUT2D eigenvalue weighted by molar-refractivity contribution is 5.81. The van der Waals surface area contributed by atoms with Crippen molar-refractivity contribution in [3.8, 4) is 0 Å². The molecule has 0 aliphatic rings. The van der Waals surface area contributed by atoms with Crippen LogP contribution in [0.5, 0.6) is 0 Å². The number of nitrogens with zero attached hydrogens (tertiary/aromatic N) is 3. The molecule has 26 heavy (non-hydrogen) atoms. The van der Waals surface area contributed by atoms with E-state index in [1.165, 1.54) is 6.08 Å². The molecule has 0 aliphatic carbocycles. The van der Waals surface area contributed by atoms with Crippen LogP contribution in [0, 0.1) is 20.1 Å². The van der Waals surface area contributed by atoms with E-state index in [4.69, 9.17) is 22.6 Å². The molecule has 0 fully saturated rings. The molecule has 1 rings (SSSR count). The average Bonchev–Trinajstić information content (AvgIpc) is 2.60. The summed E-state index contributed by atoms with van der Waals surface area (Å²) in [5.74, 6) is -0.917. The average molecular weight is 355 g/mol. The molecular weight excluding hydrogens is 334 g/mol. The Balaban J connectivity index is 3.13. The maximum Gasteiger partial charge on any atom is 0.519 e. The summed E-state index contributed by atoms with van der Waals surface area (Å²) in [4.78, 5) is 31.6. The van der Waals surface area contributed by atoms with E-state index in [0.717, 1.165) is 11.1 Å². The summed E-state index contributed by atoms with van der Waals surface area (Å²) in [6.07, 6.45) is 1.50. The zero-order valence-electron chi connectivity index (χ0n) is 15.1. The normalized spacial score (nSPS) is 9.42. The van der Waals surface area contributed by atoms with Crippen LogP contribution < -0.4 is 4.90 Å². The number of anilines is 1. The van der Waals surface area contributed by atoms with E-state index in [1.807, 2.05) is 6.92 Å². The van der Waals surface area contributed by atoms with E-state index in [9.17, 15) is 9.59 Å². The van der Waals surface area contributed by atoms with Crippen molar-refractivity contribution in [2.45, 2.75) is 20.8 Å². The minimum atomic E-state index is -0.443. The topological polar surface area (TPSA) is 64.6 Å². The molecular formula is C19H21N3O4. The van der Waals surface area contributed by atoms with Crippen LogP contribution in [0.15, 0.2) is 24.0 Å². The number of hydrogen-bond acceptors (Lipinski definition) is 5. The Morgan fingerprint density at radius 2 is 1.62 bits per heavy atom. The summed E-state index contributed by atoms with van der Waals surface area (Å²) in [6.45, 7) is 19.5. The van der Waals surface area contributed by atoms with E-state index in [0.29, 0.717) is 5.69 Å². The Kier molecular flexibility index (Phi) is 8.39. The fraction of sp³-hybridized carbons (Fsp3) is 0.368. The van der Waals surface area contributed by atoms with Gasteiger partial charge in [0.1, 0.15) is 26.2 Å². The van der Waals surface area contributed by atoms with Crippen LogP contribution in [0.25, 0.3) is 15.8 Å². The van der Waals surface area contributed by atoms with Gasteiger partial charge in [0.15, 0.2) is 0 Å². The third-order valence-electron chi connectivity index (χ3n) is 3.38. The van der Waals surface area contributed by atoms with Gasteiger partial charge in [0.25, 0.3) is 0 Å². The van der Waals surface area contributed by atoms with Gasteiger partial charge in [-0.25, -0.2) is 0 Å². The lowest BCUT2D eigenvalue weighted by Gasteiger charge is -2.23. The standard InChI is InChI=1S/C19H21N3O4/c1-6-25-18(23)12-22(13-19(24)26-7-2)16-9-8-15(14(3)10-16)11-17(20-4)21-5/h8-11H,6-7,12-13H2,1-3H3. The lowest BCUT2D eigenvalue weighted by Crippen LogP contribution is -2.36. The molecule has 0 atom stereocenters. The number of hydrogen-bond donors (Lipinski definition) is 0. The molecule has 0 radical (unpaired) electrons. The number of rotatable bonds is 8. The first-order valence-electron chi connectivity index (χ1n) is 8.08. The zero-order chi connectivity index (χ0) is 19.5. The Bertz CT molecular complexity index is 736. The van der Waals surface area contributed by atoms with Crippen molar-refractivity contribution < 1.29 is 19.1 Å². The largest absolute Gasteiger partial charge is 0.519 e. The second-order valence-corrected chi connectivity index (χ2v) is 5.23. The van der Waals surface area contributed by atoms with Gasteiger partial charge >= 0.3 is 17.8 Å². The van der Waals surface area contributed by atoms with E-state index in [1.54, 1.807) is 36.9 Å². The minimum absolute atomic E-state index is 0.0317. The molecule has 1 aromatic rings. The molecule has 136 valence electrons. The maximum absolute atomic E-state index is 11.8. The van der Waals surface area contributed by atoms with Crippen molar-refractivity contribution in [3.05, 3.63) is 58.0 Å². The van der Waals surface area contributed by atoms with Crippen LogP contribution in [-0.4, -0.2) is 38.2 Å². The van der Waals surface area contributed by atoms with E-state index < -0.39 is 11.9 Å². The molecule has 0 bridgehead atoms. The van der Waals surface area contributed by atoms with Crippen molar-refractivity contribution in [2.24, 2.45) is 0 Å². The van der Waals surface area contributed by atoms with Gasteiger partial charge in [0.2, 0.25) is 0 Å². The van der Waals surface area contributed by atoms with Crippen LogP contribution in [0.4, 0.5) is 5.69 Å². The smallest absolute Gasteiger partial charge is 0.465 e. The summed E-state index contributed by atoms with van der Waals surface area (Å²) in [5, 5.41) is 0. The second kappa shape index (κ2) is 10.5. The molecule has 0 spiro atoms. The summed E-state index contributed by atoms with van der Waals surface area (Å²) in [5.41, 5.74) is 2.18. The first-order chi connectivity index (χ1) is 12.4.